The van der Waals surface area contributed by atoms with Crippen molar-refractivity contribution in [1.29, 1.82) is 0 Å². The molecule has 23 heavy (non-hydrogen) atoms. The van der Waals surface area contributed by atoms with Gasteiger partial charge in [-0.15, -0.1) is 11.3 Å². The van der Waals surface area contributed by atoms with Gasteiger partial charge in [-0.1, -0.05) is 41.9 Å². The number of carbonyl (C=O) groups excluding carboxylic acids is 3. The van der Waals surface area contributed by atoms with Crippen molar-refractivity contribution in [1.82, 2.24) is 10.6 Å². The van der Waals surface area contributed by atoms with E-state index in [2.05, 4.69) is 10.6 Å². The number of carbonyl (C=O) groups is 3. The monoisotopic (exact) mass is 352 g/mol. The lowest BCUT2D eigenvalue weighted by Gasteiger charge is -2.17. The molecule has 1 aromatic heterocycles. The molecule has 0 aliphatic rings. The van der Waals surface area contributed by atoms with Gasteiger partial charge in [0.25, 0.3) is 5.91 Å². The van der Waals surface area contributed by atoms with Gasteiger partial charge in [0.2, 0.25) is 6.10 Å². The first-order valence-corrected chi connectivity index (χ1v) is 7.74. The van der Waals surface area contributed by atoms with E-state index in [-0.39, 0.29) is 4.88 Å². The first-order chi connectivity index (χ1) is 11.0. The van der Waals surface area contributed by atoms with Crippen LogP contribution in [0.2, 0.25) is 4.34 Å². The minimum atomic E-state index is -1.25. The van der Waals surface area contributed by atoms with E-state index in [9.17, 15) is 14.4 Å². The van der Waals surface area contributed by atoms with Gasteiger partial charge in [0.05, 0.1) is 4.34 Å². The fourth-order valence-electron chi connectivity index (χ4n) is 1.73. The fourth-order valence-corrected chi connectivity index (χ4v) is 2.66. The topological polar surface area (TPSA) is 84.5 Å². The van der Waals surface area contributed by atoms with Gasteiger partial charge in [-0.05, 0) is 12.1 Å². The normalized spacial score (nSPS) is 11.4. The van der Waals surface area contributed by atoms with E-state index in [1.165, 1.54) is 13.1 Å². The molecular formula is C15H13ClN2O4S. The molecule has 0 aliphatic heterocycles. The molecule has 8 heteroatoms. The summed E-state index contributed by atoms with van der Waals surface area (Å²) in [5, 5.41) is 4.37. The van der Waals surface area contributed by atoms with Crippen LogP contribution in [0.1, 0.15) is 21.3 Å². The van der Waals surface area contributed by atoms with Crippen molar-refractivity contribution in [3.8, 4) is 0 Å². The molecule has 0 aliphatic carbocycles. The summed E-state index contributed by atoms with van der Waals surface area (Å²) in [5.74, 6) is -1.44. The van der Waals surface area contributed by atoms with Crippen molar-refractivity contribution in [2.75, 3.05) is 7.05 Å². The SMILES string of the molecule is CNC(=O)NC(=O)C(OC(=O)c1ccc(Cl)s1)c1ccccc1. The number of imide groups is 1. The van der Waals surface area contributed by atoms with Crippen LogP contribution in [0.15, 0.2) is 42.5 Å². The Bertz CT molecular complexity index is 717. The predicted molar refractivity (Wildman–Crippen MR) is 86.5 cm³/mol. The van der Waals surface area contributed by atoms with Crippen LogP contribution in [0.4, 0.5) is 4.79 Å². The number of ether oxygens (including phenoxy) is 1. The number of urea groups is 1. The molecule has 0 fully saturated rings. The summed E-state index contributed by atoms with van der Waals surface area (Å²) in [6.45, 7) is 0. The first-order valence-electron chi connectivity index (χ1n) is 6.55. The third kappa shape index (κ3) is 4.54. The maximum Gasteiger partial charge on any atom is 0.349 e. The van der Waals surface area contributed by atoms with Gasteiger partial charge in [0, 0.05) is 12.6 Å². The van der Waals surface area contributed by atoms with Crippen LogP contribution in [0.3, 0.4) is 0 Å². The lowest BCUT2D eigenvalue weighted by atomic mass is 10.1. The van der Waals surface area contributed by atoms with E-state index in [1.807, 2.05) is 0 Å². The summed E-state index contributed by atoms with van der Waals surface area (Å²) in [6, 6.07) is 10.8. The highest BCUT2D eigenvalue weighted by Crippen LogP contribution is 2.25. The number of esters is 1. The highest BCUT2D eigenvalue weighted by molar-refractivity contribution is 7.17. The van der Waals surface area contributed by atoms with Crippen LogP contribution in [0.5, 0.6) is 0 Å². The molecule has 0 spiro atoms. The Morgan fingerprint density at radius 2 is 1.83 bits per heavy atom. The number of hydrogen-bond donors (Lipinski definition) is 2. The zero-order valence-corrected chi connectivity index (χ0v) is 13.6. The molecule has 2 rings (SSSR count). The molecule has 1 heterocycles. The van der Waals surface area contributed by atoms with Crippen LogP contribution in [-0.2, 0) is 9.53 Å². The van der Waals surface area contributed by atoms with Crippen molar-refractivity contribution < 1.29 is 19.1 Å². The van der Waals surface area contributed by atoms with E-state index >= 15 is 0 Å². The molecule has 2 N–H and O–H groups in total. The summed E-state index contributed by atoms with van der Waals surface area (Å²) < 4.78 is 5.70. The van der Waals surface area contributed by atoms with Gasteiger partial charge in [-0.3, -0.25) is 10.1 Å². The fraction of sp³-hybridized carbons (Fsp3) is 0.133. The highest BCUT2D eigenvalue weighted by atomic mass is 35.5. The molecule has 2 aromatic rings. The zero-order chi connectivity index (χ0) is 16.8. The summed E-state index contributed by atoms with van der Waals surface area (Å²) in [4.78, 5) is 35.9. The van der Waals surface area contributed by atoms with E-state index in [0.29, 0.717) is 9.90 Å². The Balaban J connectivity index is 2.21. The van der Waals surface area contributed by atoms with Crippen LogP contribution < -0.4 is 10.6 Å². The van der Waals surface area contributed by atoms with E-state index < -0.39 is 24.0 Å². The number of rotatable bonds is 4. The molecule has 1 unspecified atom stereocenters. The molecule has 0 saturated carbocycles. The van der Waals surface area contributed by atoms with Crippen LogP contribution in [0.25, 0.3) is 0 Å². The average molecular weight is 353 g/mol. The minimum Gasteiger partial charge on any atom is -0.443 e. The number of thiophene rings is 1. The summed E-state index contributed by atoms with van der Waals surface area (Å²) in [7, 11) is 1.37. The smallest absolute Gasteiger partial charge is 0.349 e. The summed E-state index contributed by atoms with van der Waals surface area (Å²) in [6.07, 6.45) is -1.25. The quantitative estimate of drug-likeness (QED) is 0.829. The third-order valence-electron chi connectivity index (χ3n) is 2.80. The minimum absolute atomic E-state index is 0.267. The van der Waals surface area contributed by atoms with Crippen molar-refractivity contribution in [3.63, 3.8) is 0 Å². The maximum atomic E-state index is 12.2. The average Bonchev–Trinajstić information content (AvgIpc) is 2.99. The molecule has 1 atom stereocenters. The number of amides is 3. The Kier molecular flexibility index (Phi) is 5.72. The van der Waals surface area contributed by atoms with Gasteiger partial charge in [-0.25, -0.2) is 9.59 Å². The Labute approximate surface area is 141 Å². The molecule has 0 saturated heterocycles. The van der Waals surface area contributed by atoms with Gasteiger partial charge in [0.15, 0.2) is 0 Å². The number of hydrogen-bond acceptors (Lipinski definition) is 5. The second-order valence-corrected chi connectivity index (χ2v) is 6.08. The molecule has 0 radical (unpaired) electrons. The summed E-state index contributed by atoms with van der Waals surface area (Å²) >= 11 is 6.83. The van der Waals surface area contributed by atoms with Crippen molar-refractivity contribution in [2.24, 2.45) is 0 Å². The van der Waals surface area contributed by atoms with Gasteiger partial charge < -0.3 is 10.1 Å². The number of benzene rings is 1. The third-order valence-corrected chi connectivity index (χ3v) is 4.01. The largest absolute Gasteiger partial charge is 0.443 e. The predicted octanol–water partition coefficient (Wildman–Crippen LogP) is 2.76. The number of halogens is 1. The van der Waals surface area contributed by atoms with Crippen molar-refractivity contribution >= 4 is 40.8 Å². The Morgan fingerprint density at radius 3 is 2.39 bits per heavy atom. The van der Waals surface area contributed by atoms with Crippen LogP contribution >= 0.6 is 22.9 Å². The van der Waals surface area contributed by atoms with E-state index in [1.54, 1.807) is 36.4 Å². The van der Waals surface area contributed by atoms with Crippen LogP contribution in [-0.4, -0.2) is 25.0 Å². The maximum absolute atomic E-state index is 12.2. The lowest BCUT2D eigenvalue weighted by molar-refractivity contribution is -0.129. The Hall–Kier alpha value is -2.38. The molecule has 6 nitrogen and oxygen atoms in total. The second-order valence-electron chi connectivity index (χ2n) is 4.37. The Morgan fingerprint density at radius 1 is 1.13 bits per heavy atom. The van der Waals surface area contributed by atoms with Crippen molar-refractivity contribution in [2.45, 2.75) is 6.10 Å². The highest BCUT2D eigenvalue weighted by Gasteiger charge is 2.27. The van der Waals surface area contributed by atoms with Gasteiger partial charge in [-0.2, -0.15) is 0 Å². The molecule has 0 bridgehead atoms. The van der Waals surface area contributed by atoms with E-state index in [0.717, 1.165) is 11.3 Å². The van der Waals surface area contributed by atoms with Crippen molar-refractivity contribution in [3.05, 3.63) is 57.2 Å². The molecule has 1 aromatic carbocycles. The summed E-state index contributed by atoms with van der Waals surface area (Å²) in [5.41, 5.74) is 0.449. The van der Waals surface area contributed by atoms with Gasteiger partial charge in [0.1, 0.15) is 4.88 Å². The van der Waals surface area contributed by atoms with Crippen LogP contribution in [0, 0.1) is 0 Å². The molecule has 120 valence electrons. The second kappa shape index (κ2) is 7.75. The zero-order valence-electron chi connectivity index (χ0n) is 12.0. The lowest BCUT2D eigenvalue weighted by Crippen LogP contribution is -2.41. The molecule has 3 amide bonds. The first kappa shape index (κ1) is 17.0. The number of nitrogens with one attached hydrogen (secondary N) is 2. The standard InChI is InChI=1S/C15H13ClN2O4S/c1-17-15(21)18-13(19)12(9-5-3-2-4-6-9)22-14(20)10-7-8-11(16)23-10/h2-8,12H,1H3,(H2,17,18,19,21). The molecular weight excluding hydrogens is 340 g/mol. The van der Waals surface area contributed by atoms with Gasteiger partial charge >= 0.3 is 12.0 Å². The van der Waals surface area contributed by atoms with E-state index in [4.69, 9.17) is 16.3 Å².